The Morgan fingerprint density at radius 1 is 1.55 bits per heavy atom. The van der Waals surface area contributed by atoms with Crippen molar-refractivity contribution in [1.29, 1.82) is 0 Å². The van der Waals surface area contributed by atoms with Crippen LogP contribution in [-0.4, -0.2) is 27.6 Å². The van der Waals surface area contributed by atoms with Crippen molar-refractivity contribution >= 4 is 29.2 Å². The number of ether oxygens (including phenoxy) is 1. The first kappa shape index (κ1) is 16.5. The van der Waals surface area contributed by atoms with Crippen LogP contribution in [0.2, 0.25) is 10.0 Å². The molecular formula is C12H13Cl2NO5. The second-order valence-electron chi connectivity index (χ2n) is 4.55. The summed E-state index contributed by atoms with van der Waals surface area (Å²) in [6.07, 6.45) is -0.297. The Morgan fingerprint density at radius 2 is 2.15 bits per heavy atom. The summed E-state index contributed by atoms with van der Waals surface area (Å²) in [5.41, 5.74) is -1.76. The fourth-order valence-corrected chi connectivity index (χ4v) is 2.06. The molecule has 2 atom stereocenters. The molecule has 20 heavy (non-hydrogen) atoms. The number of benzene rings is 1. The van der Waals surface area contributed by atoms with E-state index in [9.17, 15) is 20.0 Å². The van der Waals surface area contributed by atoms with Crippen molar-refractivity contribution in [3.05, 3.63) is 38.4 Å². The molecule has 1 N–H and O–H groups in total. The van der Waals surface area contributed by atoms with Crippen molar-refractivity contribution in [3.8, 4) is 5.75 Å². The van der Waals surface area contributed by atoms with Crippen LogP contribution in [0, 0.1) is 10.1 Å². The standard InChI is InChI=1S/C12H13Cl2NO5/c1-7(15(18)19)6-12(2,11(16)17)20-10-4-3-8(13)5-9(10)14/h3-5,7H,6H2,1-2H3,(H,16,17). The molecule has 0 saturated carbocycles. The average molecular weight is 322 g/mol. The summed E-state index contributed by atoms with van der Waals surface area (Å²) in [4.78, 5) is 21.5. The zero-order valence-corrected chi connectivity index (χ0v) is 12.3. The van der Waals surface area contributed by atoms with Gasteiger partial charge < -0.3 is 9.84 Å². The first-order chi connectivity index (χ1) is 9.15. The minimum Gasteiger partial charge on any atom is -0.478 e. The van der Waals surface area contributed by atoms with Gasteiger partial charge in [-0.25, -0.2) is 4.79 Å². The Labute approximate surface area is 125 Å². The van der Waals surface area contributed by atoms with Crippen LogP contribution in [0.4, 0.5) is 0 Å². The highest BCUT2D eigenvalue weighted by Crippen LogP contribution is 2.32. The molecule has 0 amide bonds. The Morgan fingerprint density at radius 3 is 2.60 bits per heavy atom. The molecule has 0 saturated heterocycles. The van der Waals surface area contributed by atoms with Crippen molar-refractivity contribution < 1.29 is 19.6 Å². The van der Waals surface area contributed by atoms with Crippen molar-refractivity contribution in [2.75, 3.05) is 0 Å². The molecule has 2 unspecified atom stereocenters. The van der Waals surface area contributed by atoms with Gasteiger partial charge in [0.1, 0.15) is 5.75 Å². The van der Waals surface area contributed by atoms with Crippen LogP contribution in [0.25, 0.3) is 0 Å². The number of halogens is 2. The van der Waals surface area contributed by atoms with Gasteiger partial charge in [-0.1, -0.05) is 23.2 Å². The highest BCUT2D eigenvalue weighted by Gasteiger charge is 2.41. The molecule has 1 rings (SSSR count). The Kier molecular flexibility index (Phi) is 5.19. The number of hydrogen-bond acceptors (Lipinski definition) is 4. The zero-order valence-electron chi connectivity index (χ0n) is 10.8. The molecule has 0 aromatic heterocycles. The molecule has 0 radical (unpaired) electrons. The molecule has 0 aliphatic carbocycles. The average Bonchev–Trinajstić information content (AvgIpc) is 2.32. The van der Waals surface area contributed by atoms with Crippen LogP contribution in [-0.2, 0) is 4.79 Å². The Balaban J connectivity index is 3.02. The summed E-state index contributed by atoms with van der Waals surface area (Å²) < 4.78 is 5.38. The van der Waals surface area contributed by atoms with Gasteiger partial charge >= 0.3 is 5.97 Å². The van der Waals surface area contributed by atoms with Crippen molar-refractivity contribution in [2.45, 2.75) is 31.9 Å². The summed E-state index contributed by atoms with van der Waals surface area (Å²) in [5, 5.41) is 20.4. The van der Waals surface area contributed by atoms with Gasteiger partial charge in [0.15, 0.2) is 0 Å². The van der Waals surface area contributed by atoms with Gasteiger partial charge in [0, 0.05) is 16.9 Å². The van der Waals surface area contributed by atoms with E-state index in [0.29, 0.717) is 5.02 Å². The lowest BCUT2D eigenvalue weighted by atomic mass is 9.97. The van der Waals surface area contributed by atoms with Gasteiger partial charge in [-0.2, -0.15) is 0 Å². The number of rotatable bonds is 6. The smallest absolute Gasteiger partial charge is 0.348 e. The van der Waals surface area contributed by atoms with E-state index in [1.165, 1.54) is 32.0 Å². The van der Waals surface area contributed by atoms with Gasteiger partial charge in [-0.3, -0.25) is 10.1 Å². The fourth-order valence-electron chi connectivity index (χ4n) is 1.61. The summed E-state index contributed by atoms with van der Waals surface area (Å²) in [7, 11) is 0. The molecule has 8 heteroatoms. The van der Waals surface area contributed by atoms with Gasteiger partial charge in [-0.05, 0) is 25.1 Å². The largest absolute Gasteiger partial charge is 0.478 e. The van der Waals surface area contributed by atoms with E-state index in [0.717, 1.165) is 0 Å². The van der Waals surface area contributed by atoms with Gasteiger partial charge in [0.05, 0.1) is 11.4 Å². The normalized spacial score (nSPS) is 15.2. The molecule has 1 aromatic rings. The second kappa shape index (κ2) is 6.28. The highest BCUT2D eigenvalue weighted by atomic mass is 35.5. The number of hydrogen-bond donors (Lipinski definition) is 1. The van der Waals surface area contributed by atoms with Crippen LogP contribution in [0.3, 0.4) is 0 Å². The maximum atomic E-state index is 11.3. The minimum absolute atomic E-state index is 0.108. The molecule has 1 aromatic carbocycles. The van der Waals surface area contributed by atoms with Gasteiger partial charge in [0.25, 0.3) is 0 Å². The highest BCUT2D eigenvalue weighted by molar-refractivity contribution is 6.35. The number of carbonyl (C=O) groups is 1. The van der Waals surface area contributed by atoms with E-state index in [-0.39, 0.29) is 17.2 Å². The van der Waals surface area contributed by atoms with Crippen LogP contribution in [0.15, 0.2) is 18.2 Å². The van der Waals surface area contributed by atoms with Gasteiger partial charge in [-0.15, -0.1) is 0 Å². The number of aliphatic carboxylic acids is 1. The summed E-state index contributed by atoms with van der Waals surface area (Å²) in [6, 6.07) is 3.24. The molecular weight excluding hydrogens is 309 g/mol. The molecule has 0 bridgehead atoms. The fraction of sp³-hybridized carbons (Fsp3) is 0.417. The predicted octanol–water partition coefficient (Wildman–Crippen LogP) is 3.27. The van der Waals surface area contributed by atoms with E-state index < -0.39 is 22.5 Å². The number of carboxylic acid groups (broad SMARTS) is 1. The first-order valence-electron chi connectivity index (χ1n) is 5.66. The van der Waals surface area contributed by atoms with Crippen LogP contribution in [0.1, 0.15) is 20.3 Å². The molecule has 0 aliphatic heterocycles. The zero-order chi connectivity index (χ0) is 15.5. The van der Waals surface area contributed by atoms with E-state index in [4.69, 9.17) is 27.9 Å². The maximum Gasteiger partial charge on any atom is 0.348 e. The van der Waals surface area contributed by atoms with Crippen LogP contribution < -0.4 is 4.74 Å². The first-order valence-corrected chi connectivity index (χ1v) is 6.42. The molecule has 0 heterocycles. The predicted molar refractivity (Wildman–Crippen MR) is 74.2 cm³/mol. The SMILES string of the molecule is CC(CC(C)(Oc1ccc(Cl)cc1Cl)C(=O)O)[N+](=O)[O-]. The van der Waals surface area contributed by atoms with E-state index >= 15 is 0 Å². The molecule has 6 nitrogen and oxygen atoms in total. The third-order valence-electron chi connectivity index (χ3n) is 2.73. The molecule has 110 valence electrons. The van der Waals surface area contributed by atoms with Crippen molar-refractivity contribution in [2.24, 2.45) is 0 Å². The molecule has 0 fully saturated rings. The summed E-state index contributed by atoms with van der Waals surface area (Å²) in [5.74, 6) is -1.20. The van der Waals surface area contributed by atoms with Crippen molar-refractivity contribution in [3.63, 3.8) is 0 Å². The molecule has 0 spiro atoms. The van der Waals surface area contributed by atoms with Gasteiger partial charge in [0.2, 0.25) is 11.6 Å². The quantitative estimate of drug-likeness (QED) is 0.641. The third kappa shape index (κ3) is 3.98. The monoisotopic (exact) mass is 321 g/mol. The van der Waals surface area contributed by atoms with Crippen molar-refractivity contribution in [1.82, 2.24) is 0 Å². The minimum atomic E-state index is -1.76. The van der Waals surface area contributed by atoms with Crippen LogP contribution >= 0.6 is 23.2 Å². The topological polar surface area (TPSA) is 89.7 Å². The Bertz CT molecular complexity index is 537. The number of nitro groups is 1. The van der Waals surface area contributed by atoms with E-state index in [1.807, 2.05) is 0 Å². The van der Waals surface area contributed by atoms with E-state index in [2.05, 4.69) is 0 Å². The molecule has 0 aliphatic rings. The lowest BCUT2D eigenvalue weighted by Gasteiger charge is -2.27. The summed E-state index contributed by atoms with van der Waals surface area (Å²) in [6.45, 7) is 2.58. The lowest BCUT2D eigenvalue weighted by Crippen LogP contribution is -2.45. The van der Waals surface area contributed by atoms with Crippen LogP contribution in [0.5, 0.6) is 5.75 Å². The third-order valence-corrected chi connectivity index (χ3v) is 3.26. The van der Waals surface area contributed by atoms with E-state index in [1.54, 1.807) is 0 Å². The summed E-state index contributed by atoms with van der Waals surface area (Å²) >= 11 is 11.6. The number of carboxylic acids is 1. The maximum absolute atomic E-state index is 11.3. The second-order valence-corrected chi connectivity index (χ2v) is 5.39. The lowest BCUT2D eigenvalue weighted by molar-refractivity contribution is -0.521. The number of nitrogens with zero attached hydrogens (tertiary/aromatic N) is 1. The Hall–Kier alpha value is -1.53.